The van der Waals surface area contributed by atoms with E-state index in [0.29, 0.717) is 17.7 Å². The van der Waals surface area contributed by atoms with Gasteiger partial charge in [-0.1, -0.05) is 6.42 Å². The third kappa shape index (κ3) is 2.69. The molecule has 2 heterocycles. The highest BCUT2D eigenvalue weighted by Gasteiger charge is 2.40. The number of nitrogens with two attached hydrogens (primary N) is 1. The highest BCUT2D eigenvalue weighted by Crippen LogP contribution is 2.42. The number of H-pyrrole nitrogens is 1. The van der Waals surface area contributed by atoms with E-state index in [1.807, 2.05) is 14.0 Å². The van der Waals surface area contributed by atoms with Crippen molar-refractivity contribution in [2.45, 2.75) is 45.1 Å². The normalized spacial score (nSPS) is 29.3. The first kappa shape index (κ1) is 17.2. The van der Waals surface area contributed by atoms with Crippen molar-refractivity contribution < 1.29 is 4.79 Å². The van der Waals surface area contributed by atoms with E-state index in [2.05, 4.69) is 20.6 Å². The number of anilines is 1. The number of rotatable bonds is 2. The summed E-state index contributed by atoms with van der Waals surface area (Å²) in [6, 6.07) is 0.284. The van der Waals surface area contributed by atoms with E-state index >= 15 is 0 Å². The lowest BCUT2D eigenvalue weighted by molar-refractivity contribution is -0.122. The highest BCUT2D eigenvalue weighted by molar-refractivity contribution is 6.00. The molecule has 0 spiro atoms. The lowest BCUT2D eigenvalue weighted by atomic mass is 9.65. The van der Waals surface area contributed by atoms with E-state index in [4.69, 9.17) is 5.73 Å². The molecule has 2 aliphatic carbocycles. The summed E-state index contributed by atoms with van der Waals surface area (Å²) in [5, 5.41) is 15.5. The van der Waals surface area contributed by atoms with Crippen molar-refractivity contribution in [1.82, 2.24) is 20.0 Å². The molecule has 1 amide bonds. The van der Waals surface area contributed by atoms with Crippen LogP contribution in [0.2, 0.25) is 0 Å². The number of halogens is 1. The van der Waals surface area contributed by atoms with Crippen LogP contribution in [-0.4, -0.2) is 31.9 Å². The first-order chi connectivity index (χ1) is 11.0. The number of fused-ring (bicyclic) bond motifs is 3. The summed E-state index contributed by atoms with van der Waals surface area (Å²) in [5.74, 6) is 1.80. The first-order valence-electron chi connectivity index (χ1n) is 8.48. The Morgan fingerprint density at radius 1 is 1.33 bits per heavy atom. The second-order valence-electron chi connectivity index (χ2n) is 7.19. The molecule has 4 N–H and O–H groups in total. The maximum absolute atomic E-state index is 12.7. The van der Waals surface area contributed by atoms with Crippen LogP contribution in [0.1, 0.15) is 37.8 Å². The molecule has 0 aromatic carbocycles. The van der Waals surface area contributed by atoms with Crippen LogP contribution in [-0.2, 0) is 11.8 Å². The third-order valence-electron chi connectivity index (χ3n) is 5.75. The van der Waals surface area contributed by atoms with Gasteiger partial charge in [0, 0.05) is 19.0 Å². The van der Waals surface area contributed by atoms with Gasteiger partial charge in [0.25, 0.3) is 0 Å². The minimum Gasteiger partial charge on any atom is -0.327 e. The van der Waals surface area contributed by atoms with Gasteiger partial charge in [-0.2, -0.15) is 10.2 Å². The molecule has 0 saturated heterocycles. The lowest BCUT2D eigenvalue weighted by Gasteiger charge is -2.43. The fraction of sp³-hybridized carbons (Fsp3) is 0.688. The second kappa shape index (κ2) is 6.37. The standard InChI is InChI=1S/C16H24N6O.ClH/c1-8-12-14(19-20-15(12)22(2)21-8)18-16(23)11-6-9-4-3-5-10(7-11)13(9)17;/h9-11,13H,3-7,17H2,1-2H3,(H2,18,19,20,23);1H. The van der Waals surface area contributed by atoms with Gasteiger partial charge in [0.2, 0.25) is 5.91 Å². The molecule has 0 aliphatic heterocycles. The molecule has 4 rings (SSSR count). The van der Waals surface area contributed by atoms with Gasteiger partial charge in [0.1, 0.15) is 5.82 Å². The molecule has 7 nitrogen and oxygen atoms in total. The smallest absolute Gasteiger partial charge is 0.228 e. The molecule has 132 valence electrons. The van der Waals surface area contributed by atoms with Crippen molar-refractivity contribution in [3.05, 3.63) is 5.69 Å². The Morgan fingerprint density at radius 2 is 2.00 bits per heavy atom. The average Bonchev–Trinajstić information content (AvgIpc) is 3.01. The predicted molar refractivity (Wildman–Crippen MR) is 95.0 cm³/mol. The van der Waals surface area contributed by atoms with Crippen LogP contribution >= 0.6 is 12.4 Å². The van der Waals surface area contributed by atoms with Crippen LogP contribution in [0.3, 0.4) is 0 Å². The average molecular weight is 353 g/mol. The van der Waals surface area contributed by atoms with Gasteiger partial charge in [-0.05, 0) is 44.4 Å². The predicted octanol–water partition coefficient (Wildman–Crippen LogP) is 2.12. The number of amides is 1. The molecule has 24 heavy (non-hydrogen) atoms. The molecular weight excluding hydrogens is 328 g/mol. The number of hydrogen-bond acceptors (Lipinski definition) is 4. The van der Waals surface area contributed by atoms with Gasteiger partial charge in [-0.15, -0.1) is 12.4 Å². The number of nitrogens with one attached hydrogen (secondary N) is 2. The van der Waals surface area contributed by atoms with Gasteiger partial charge < -0.3 is 11.1 Å². The van der Waals surface area contributed by atoms with Gasteiger partial charge in [0.15, 0.2) is 5.65 Å². The molecule has 2 aromatic heterocycles. The molecule has 2 atom stereocenters. The van der Waals surface area contributed by atoms with Crippen molar-refractivity contribution in [2.75, 3.05) is 5.32 Å². The van der Waals surface area contributed by atoms with Crippen LogP contribution in [0.4, 0.5) is 5.82 Å². The first-order valence-corrected chi connectivity index (χ1v) is 8.48. The second-order valence-corrected chi connectivity index (χ2v) is 7.19. The number of aromatic nitrogens is 4. The monoisotopic (exact) mass is 352 g/mol. The van der Waals surface area contributed by atoms with Gasteiger partial charge in [-0.3, -0.25) is 9.89 Å². The van der Waals surface area contributed by atoms with E-state index in [1.54, 1.807) is 4.68 Å². The van der Waals surface area contributed by atoms with Crippen LogP contribution in [0.15, 0.2) is 0 Å². The number of nitrogens with zero attached hydrogens (tertiary/aromatic N) is 3. The largest absolute Gasteiger partial charge is 0.327 e. The van der Waals surface area contributed by atoms with Crippen molar-refractivity contribution >= 4 is 35.2 Å². The van der Waals surface area contributed by atoms with E-state index in [9.17, 15) is 4.79 Å². The molecule has 2 fully saturated rings. The van der Waals surface area contributed by atoms with E-state index in [-0.39, 0.29) is 30.3 Å². The molecular formula is C16H25ClN6O. The van der Waals surface area contributed by atoms with Gasteiger partial charge in [-0.25, -0.2) is 4.68 Å². The number of carbonyl (C=O) groups is 1. The van der Waals surface area contributed by atoms with Crippen LogP contribution in [0.25, 0.3) is 11.0 Å². The van der Waals surface area contributed by atoms with Crippen LogP contribution in [0, 0.1) is 24.7 Å². The van der Waals surface area contributed by atoms with Crippen LogP contribution < -0.4 is 11.1 Å². The Kier molecular flexibility index (Phi) is 4.57. The minimum atomic E-state index is 0. The maximum Gasteiger partial charge on any atom is 0.228 e. The summed E-state index contributed by atoms with van der Waals surface area (Å²) in [6.45, 7) is 1.93. The minimum absolute atomic E-state index is 0. The molecule has 2 aromatic rings. The molecule has 2 saturated carbocycles. The Bertz CT molecular complexity index is 739. The fourth-order valence-electron chi connectivity index (χ4n) is 4.55. The zero-order chi connectivity index (χ0) is 16.1. The molecule has 2 bridgehead atoms. The van der Waals surface area contributed by atoms with E-state index in [1.165, 1.54) is 6.42 Å². The zero-order valence-corrected chi connectivity index (χ0v) is 14.9. The van der Waals surface area contributed by atoms with Crippen molar-refractivity contribution in [3.63, 3.8) is 0 Å². The zero-order valence-electron chi connectivity index (χ0n) is 14.1. The number of aromatic amines is 1. The van der Waals surface area contributed by atoms with E-state index < -0.39 is 0 Å². The van der Waals surface area contributed by atoms with Gasteiger partial charge in [0.05, 0.1) is 11.1 Å². The number of hydrogen-bond donors (Lipinski definition) is 3. The summed E-state index contributed by atoms with van der Waals surface area (Å²) in [5.41, 5.74) is 7.95. The Balaban J connectivity index is 0.00000169. The lowest BCUT2D eigenvalue weighted by Crippen LogP contribution is -2.48. The summed E-state index contributed by atoms with van der Waals surface area (Å²) < 4.78 is 1.72. The maximum atomic E-state index is 12.7. The summed E-state index contributed by atoms with van der Waals surface area (Å²) in [4.78, 5) is 12.7. The van der Waals surface area contributed by atoms with E-state index in [0.717, 1.165) is 42.4 Å². The van der Waals surface area contributed by atoms with Crippen molar-refractivity contribution in [3.8, 4) is 0 Å². The summed E-state index contributed by atoms with van der Waals surface area (Å²) in [6.07, 6.45) is 5.40. The summed E-state index contributed by atoms with van der Waals surface area (Å²) in [7, 11) is 1.85. The van der Waals surface area contributed by atoms with Crippen molar-refractivity contribution in [2.24, 2.45) is 30.5 Å². The van der Waals surface area contributed by atoms with Gasteiger partial charge >= 0.3 is 0 Å². The molecule has 8 heteroatoms. The topological polar surface area (TPSA) is 102 Å². The van der Waals surface area contributed by atoms with Crippen molar-refractivity contribution in [1.29, 1.82) is 0 Å². The van der Waals surface area contributed by atoms with Crippen LogP contribution in [0.5, 0.6) is 0 Å². The fourth-order valence-corrected chi connectivity index (χ4v) is 4.55. The Morgan fingerprint density at radius 3 is 2.67 bits per heavy atom. The SMILES string of the molecule is Cc1nn(C)c2n[nH]c(NC(=O)C3CC4CCCC(C3)C4N)c12.Cl. The quantitative estimate of drug-likeness (QED) is 0.770. The Labute approximate surface area is 147 Å². The number of aryl methyl sites for hydroxylation is 2. The molecule has 2 unspecified atom stereocenters. The molecule has 0 radical (unpaired) electrons. The highest BCUT2D eigenvalue weighted by atomic mass is 35.5. The Hall–Kier alpha value is -1.60. The third-order valence-corrected chi connectivity index (χ3v) is 5.75. The summed E-state index contributed by atoms with van der Waals surface area (Å²) >= 11 is 0. The number of carbonyl (C=O) groups excluding carboxylic acids is 1. The molecule has 2 aliphatic rings.